The fourth-order valence-electron chi connectivity index (χ4n) is 4.47. The van der Waals surface area contributed by atoms with E-state index in [-0.39, 0.29) is 23.6 Å². The van der Waals surface area contributed by atoms with Gasteiger partial charge in [-0.15, -0.1) is 11.3 Å². The van der Waals surface area contributed by atoms with Crippen molar-refractivity contribution in [1.29, 1.82) is 0 Å². The minimum absolute atomic E-state index is 0.00354. The zero-order valence-corrected chi connectivity index (χ0v) is 18.1. The summed E-state index contributed by atoms with van der Waals surface area (Å²) in [7, 11) is 0. The first-order valence-electron chi connectivity index (χ1n) is 10.7. The normalized spacial score (nSPS) is 24.2. The van der Waals surface area contributed by atoms with Crippen LogP contribution in [0.15, 0.2) is 23.1 Å². The van der Waals surface area contributed by atoms with Crippen LogP contribution in [0.2, 0.25) is 0 Å². The predicted octanol–water partition coefficient (Wildman–Crippen LogP) is 1.81. The lowest BCUT2D eigenvalue weighted by atomic mass is 10.0. The van der Waals surface area contributed by atoms with Gasteiger partial charge in [0.1, 0.15) is 5.82 Å². The summed E-state index contributed by atoms with van der Waals surface area (Å²) in [5.41, 5.74) is -0.175. The van der Waals surface area contributed by atoms with E-state index in [1.807, 2.05) is 6.92 Å². The quantitative estimate of drug-likeness (QED) is 0.724. The second-order valence-corrected chi connectivity index (χ2v) is 9.53. The van der Waals surface area contributed by atoms with E-state index in [9.17, 15) is 14.7 Å². The summed E-state index contributed by atoms with van der Waals surface area (Å²) in [4.78, 5) is 32.1. The highest BCUT2D eigenvalue weighted by Crippen LogP contribution is 2.29. The Bertz CT molecular complexity index is 943. The van der Waals surface area contributed by atoms with Crippen molar-refractivity contribution in [3.05, 3.63) is 38.6 Å². The molecule has 30 heavy (non-hydrogen) atoms. The van der Waals surface area contributed by atoms with Gasteiger partial charge in [0.15, 0.2) is 0 Å². The van der Waals surface area contributed by atoms with Crippen LogP contribution < -0.4 is 15.8 Å². The van der Waals surface area contributed by atoms with E-state index in [1.165, 1.54) is 4.68 Å². The van der Waals surface area contributed by atoms with Crippen LogP contribution in [0.5, 0.6) is 0 Å². The number of carbonyl (C=O) groups excluding carboxylic acids is 1. The zero-order chi connectivity index (χ0) is 21.1. The number of thiazole rings is 1. The number of hydrogen-bond donors (Lipinski definition) is 2. The average Bonchev–Trinajstić information content (AvgIpc) is 3.35. The third-order valence-corrected chi connectivity index (χ3v) is 6.94. The molecule has 1 amide bonds. The van der Waals surface area contributed by atoms with Crippen molar-refractivity contribution < 1.29 is 9.90 Å². The summed E-state index contributed by atoms with van der Waals surface area (Å²) in [6.45, 7) is 3.32. The van der Waals surface area contributed by atoms with Gasteiger partial charge >= 0.3 is 0 Å². The molecule has 4 rings (SSSR count). The first kappa shape index (κ1) is 21.0. The van der Waals surface area contributed by atoms with Crippen LogP contribution in [-0.2, 0) is 11.2 Å². The molecule has 3 atom stereocenters. The molecular formula is C21H29N5O3S. The number of aromatic nitrogens is 3. The number of amides is 1. The van der Waals surface area contributed by atoms with Crippen molar-refractivity contribution in [2.24, 2.45) is 0 Å². The molecule has 1 saturated heterocycles. The van der Waals surface area contributed by atoms with Crippen molar-refractivity contribution in [2.45, 2.75) is 70.1 Å². The number of aliphatic hydroxyl groups is 1. The van der Waals surface area contributed by atoms with Gasteiger partial charge in [0.05, 0.1) is 23.6 Å². The van der Waals surface area contributed by atoms with Gasteiger partial charge in [0.2, 0.25) is 5.91 Å². The number of rotatable bonds is 6. The number of nitrogens with zero attached hydrogens (tertiary/aromatic N) is 4. The van der Waals surface area contributed by atoms with Gasteiger partial charge in [-0.1, -0.05) is 0 Å². The van der Waals surface area contributed by atoms with Crippen molar-refractivity contribution >= 4 is 23.1 Å². The number of piperidine rings is 1. The third-order valence-electron chi connectivity index (χ3n) is 6.03. The van der Waals surface area contributed by atoms with Gasteiger partial charge in [-0.2, -0.15) is 5.10 Å². The molecule has 8 nitrogen and oxygen atoms in total. The Morgan fingerprint density at radius 1 is 1.27 bits per heavy atom. The first-order valence-corrected chi connectivity index (χ1v) is 11.6. The first-order chi connectivity index (χ1) is 14.5. The highest BCUT2D eigenvalue weighted by Gasteiger charge is 2.30. The summed E-state index contributed by atoms with van der Waals surface area (Å²) in [5, 5.41) is 18.9. The molecule has 1 aliphatic heterocycles. The molecule has 3 unspecified atom stereocenters. The monoisotopic (exact) mass is 431 g/mol. The lowest BCUT2D eigenvalue weighted by molar-refractivity contribution is -0.120. The summed E-state index contributed by atoms with van der Waals surface area (Å²) in [6, 6.07) is 3.20. The van der Waals surface area contributed by atoms with Crippen LogP contribution in [0.4, 0.5) is 5.82 Å². The summed E-state index contributed by atoms with van der Waals surface area (Å²) in [6.07, 6.45) is 7.10. The summed E-state index contributed by atoms with van der Waals surface area (Å²) in [5.74, 6) is 0.738. The number of carbonyl (C=O) groups is 1. The maximum atomic E-state index is 12.4. The number of aliphatic hydroxyl groups excluding tert-OH is 1. The lowest BCUT2D eigenvalue weighted by Gasteiger charge is -2.37. The molecule has 2 N–H and O–H groups in total. The molecule has 2 aliphatic rings. The van der Waals surface area contributed by atoms with E-state index < -0.39 is 6.10 Å². The van der Waals surface area contributed by atoms with Gasteiger partial charge < -0.3 is 15.3 Å². The Hall–Kier alpha value is -2.26. The van der Waals surface area contributed by atoms with E-state index in [4.69, 9.17) is 0 Å². The highest BCUT2D eigenvalue weighted by molar-refractivity contribution is 7.11. The minimum atomic E-state index is -0.516. The van der Waals surface area contributed by atoms with E-state index in [0.29, 0.717) is 19.4 Å². The molecule has 0 radical (unpaired) electrons. The lowest BCUT2D eigenvalue weighted by Crippen LogP contribution is -2.48. The standard InChI is InChI=1S/C21H29N5O3S/c1-14-22-13-16(30-14)11-20(28)23-12-15-5-2-3-10-25(15)19-8-9-21(29)26(24-19)17-6-4-7-18(17)27/h8-9,13,15,17-18,27H,2-7,10-12H2,1H3,(H,23,28). The molecule has 1 saturated carbocycles. The van der Waals surface area contributed by atoms with E-state index >= 15 is 0 Å². The van der Waals surface area contributed by atoms with Crippen LogP contribution >= 0.6 is 11.3 Å². The van der Waals surface area contributed by atoms with E-state index in [2.05, 4.69) is 20.3 Å². The van der Waals surface area contributed by atoms with Crippen molar-refractivity contribution in [1.82, 2.24) is 20.1 Å². The minimum Gasteiger partial charge on any atom is -0.391 e. The molecule has 0 spiro atoms. The maximum absolute atomic E-state index is 12.4. The molecule has 2 aromatic heterocycles. The molecule has 0 bridgehead atoms. The number of aryl methyl sites for hydroxylation is 1. The Morgan fingerprint density at radius 3 is 2.87 bits per heavy atom. The maximum Gasteiger partial charge on any atom is 0.267 e. The summed E-state index contributed by atoms with van der Waals surface area (Å²) < 4.78 is 1.46. The Kier molecular flexibility index (Phi) is 6.48. The Balaban J connectivity index is 1.44. The Morgan fingerprint density at radius 2 is 2.13 bits per heavy atom. The Labute approximate surface area is 179 Å². The van der Waals surface area contributed by atoms with E-state index in [0.717, 1.165) is 54.4 Å². The van der Waals surface area contributed by atoms with E-state index in [1.54, 1.807) is 29.7 Å². The molecular weight excluding hydrogens is 402 g/mol. The smallest absolute Gasteiger partial charge is 0.267 e. The van der Waals surface area contributed by atoms with Crippen LogP contribution in [-0.4, -0.2) is 51.0 Å². The molecule has 162 valence electrons. The van der Waals surface area contributed by atoms with Crippen LogP contribution in [0, 0.1) is 6.92 Å². The van der Waals surface area contributed by atoms with Gasteiger partial charge in [-0.25, -0.2) is 9.67 Å². The van der Waals surface area contributed by atoms with Gasteiger partial charge in [-0.3, -0.25) is 9.59 Å². The van der Waals surface area contributed by atoms with Crippen molar-refractivity contribution in [2.75, 3.05) is 18.0 Å². The molecule has 2 aromatic rings. The molecule has 2 fully saturated rings. The van der Waals surface area contributed by atoms with Crippen molar-refractivity contribution in [3.63, 3.8) is 0 Å². The third kappa shape index (κ3) is 4.73. The fourth-order valence-corrected chi connectivity index (χ4v) is 5.26. The molecule has 1 aliphatic carbocycles. The van der Waals surface area contributed by atoms with Gasteiger partial charge in [-0.05, 0) is 51.5 Å². The van der Waals surface area contributed by atoms with Crippen LogP contribution in [0.1, 0.15) is 54.5 Å². The molecule has 3 heterocycles. The van der Waals surface area contributed by atoms with Gasteiger partial charge in [0.25, 0.3) is 5.56 Å². The van der Waals surface area contributed by atoms with Crippen molar-refractivity contribution in [3.8, 4) is 0 Å². The fraction of sp³-hybridized carbons (Fsp3) is 0.619. The number of anilines is 1. The zero-order valence-electron chi connectivity index (χ0n) is 17.3. The largest absolute Gasteiger partial charge is 0.391 e. The second kappa shape index (κ2) is 9.26. The van der Waals surface area contributed by atoms with Crippen LogP contribution in [0.3, 0.4) is 0 Å². The number of hydrogen-bond acceptors (Lipinski definition) is 7. The van der Waals surface area contributed by atoms with Crippen LogP contribution in [0.25, 0.3) is 0 Å². The summed E-state index contributed by atoms with van der Waals surface area (Å²) >= 11 is 1.54. The SMILES string of the molecule is Cc1ncc(CC(=O)NCC2CCCCN2c2ccc(=O)n(C3CCCC3O)n2)s1. The highest BCUT2D eigenvalue weighted by atomic mass is 32.1. The molecule has 0 aromatic carbocycles. The number of nitrogens with one attached hydrogen (secondary N) is 1. The molecule has 9 heteroatoms. The second-order valence-electron chi connectivity index (χ2n) is 8.21. The topological polar surface area (TPSA) is 100 Å². The van der Waals surface area contributed by atoms with Gasteiger partial charge in [0, 0.05) is 36.3 Å². The average molecular weight is 432 g/mol. The predicted molar refractivity (Wildman–Crippen MR) is 116 cm³/mol.